The van der Waals surface area contributed by atoms with Crippen LogP contribution in [-0.4, -0.2) is 32.6 Å². The molecule has 0 aliphatic heterocycles. The molecule has 23 heavy (non-hydrogen) atoms. The van der Waals surface area contributed by atoms with Crippen molar-refractivity contribution in [1.82, 2.24) is 20.4 Å². The summed E-state index contributed by atoms with van der Waals surface area (Å²) in [5.41, 5.74) is 0.405. The standard InChI is InChI=1S/C13H19F3N4O3/c1-8(2)6-9(21)18-19-10(22)7-12(23,13(14,15)16)11-17-4-5-20(11)3/h4-5,8,23H,6-7H2,1-3H3,(H,18,21)(H,19,22). The molecule has 10 heteroatoms. The van der Waals surface area contributed by atoms with E-state index in [0.717, 1.165) is 10.8 Å². The number of alkyl halides is 3. The van der Waals surface area contributed by atoms with E-state index in [1.807, 2.05) is 10.9 Å². The molecule has 0 saturated heterocycles. The number of imidazole rings is 1. The number of rotatable bonds is 5. The second-order valence-electron chi connectivity index (χ2n) is 5.59. The summed E-state index contributed by atoms with van der Waals surface area (Å²) in [6.07, 6.45) is -4.05. The third kappa shape index (κ3) is 4.68. The van der Waals surface area contributed by atoms with Gasteiger partial charge in [0.05, 0.1) is 6.42 Å². The number of aliphatic hydroxyl groups is 1. The van der Waals surface area contributed by atoms with Crippen molar-refractivity contribution in [3.8, 4) is 0 Å². The smallest absolute Gasteiger partial charge is 0.374 e. The molecule has 0 aliphatic rings. The van der Waals surface area contributed by atoms with Gasteiger partial charge in [-0.15, -0.1) is 0 Å². The Labute approximate surface area is 130 Å². The first kappa shape index (κ1) is 18.9. The van der Waals surface area contributed by atoms with E-state index in [1.54, 1.807) is 13.8 Å². The number of aromatic nitrogens is 2. The topological polar surface area (TPSA) is 96.2 Å². The first-order chi connectivity index (χ1) is 10.5. The van der Waals surface area contributed by atoms with Crippen LogP contribution in [0.5, 0.6) is 0 Å². The van der Waals surface area contributed by atoms with Gasteiger partial charge < -0.3 is 9.67 Å². The van der Waals surface area contributed by atoms with Crippen LogP contribution in [0.1, 0.15) is 32.5 Å². The number of halogens is 3. The van der Waals surface area contributed by atoms with Crippen LogP contribution >= 0.6 is 0 Å². The zero-order valence-electron chi connectivity index (χ0n) is 12.9. The van der Waals surface area contributed by atoms with E-state index in [4.69, 9.17) is 0 Å². The van der Waals surface area contributed by atoms with Crippen molar-refractivity contribution in [2.45, 2.75) is 38.5 Å². The molecule has 0 fully saturated rings. The van der Waals surface area contributed by atoms with Gasteiger partial charge in [-0.1, -0.05) is 13.8 Å². The molecule has 3 N–H and O–H groups in total. The van der Waals surface area contributed by atoms with Gasteiger partial charge in [-0.3, -0.25) is 20.4 Å². The van der Waals surface area contributed by atoms with Crippen LogP contribution in [0.3, 0.4) is 0 Å². The Bertz CT molecular complexity index is 571. The van der Waals surface area contributed by atoms with Crippen LogP contribution in [0.2, 0.25) is 0 Å². The zero-order chi connectivity index (χ0) is 17.8. The quantitative estimate of drug-likeness (QED) is 0.692. The number of hydrogen-bond donors (Lipinski definition) is 3. The Morgan fingerprint density at radius 3 is 2.30 bits per heavy atom. The predicted molar refractivity (Wildman–Crippen MR) is 73.5 cm³/mol. The monoisotopic (exact) mass is 336 g/mol. The van der Waals surface area contributed by atoms with E-state index in [1.165, 1.54) is 13.2 Å². The van der Waals surface area contributed by atoms with Gasteiger partial charge in [0.25, 0.3) is 0 Å². The molecule has 1 atom stereocenters. The average Bonchev–Trinajstić information content (AvgIpc) is 2.81. The van der Waals surface area contributed by atoms with E-state index in [2.05, 4.69) is 4.98 Å². The third-order valence-electron chi connectivity index (χ3n) is 3.01. The number of carbonyl (C=O) groups excluding carboxylic acids is 2. The summed E-state index contributed by atoms with van der Waals surface area (Å²) in [5, 5.41) is 9.99. The predicted octanol–water partition coefficient (Wildman–Crippen LogP) is 0.754. The summed E-state index contributed by atoms with van der Waals surface area (Å²) in [7, 11) is 1.27. The first-order valence-corrected chi connectivity index (χ1v) is 6.82. The van der Waals surface area contributed by atoms with Crippen molar-refractivity contribution in [2.24, 2.45) is 13.0 Å². The minimum absolute atomic E-state index is 0.0200. The van der Waals surface area contributed by atoms with Crippen molar-refractivity contribution < 1.29 is 27.9 Å². The molecule has 130 valence electrons. The van der Waals surface area contributed by atoms with Crippen LogP contribution < -0.4 is 10.9 Å². The average molecular weight is 336 g/mol. The van der Waals surface area contributed by atoms with Gasteiger partial charge in [-0.25, -0.2) is 4.98 Å². The lowest BCUT2D eigenvalue weighted by Gasteiger charge is -2.29. The minimum atomic E-state index is -5.12. The summed E-state index contributed by atoms with van der Waals surface area (Å²) < 4.78 is 40.6. The molecule has 2 amide bonds. The van der Waals surface area contributed by atoms with Crippen molar-refractivity contribution >= 4 is 11.8 Å². The number of carbonyl (C=O) groups is 2. The van der Waals surface area contributed by atoms with E-state index < -0.39 is 35.8 Å². The molecule has 0 aromatic carbocycles. The molecule has 0 saturated carbocycles. The third-order valence-corrected chi connectivity index (χ3v) is 3.01. The summed E-state index contributed by atoms with van der Waals surface area (Å²) in [6.45, 7) is 3.54. The Kier molecular flexibility index (Phi) is 5.75. The fourth-order valence-electron chi connectivity index (χ4n) is 1.91. The van der Waals surface area contributed by atoms with Crippen LogP contribution in [0.15, 0.2) is 12.4 Å². The summed E-state index contributed by atoms with van der Waals surface area (Å²) in [4.78, 5) is 26.5. The number of amides is 2. The first-order valence-electron chi connectivity index (χ1n) is 6.82. The Morgan fingerprint density at radius 1 is 1.30 bits per heavy atom. The van der Waals surface area contributed by atoms with E-state index in [0.29, 0.717) is 0 Å². The minimum Gasteiger partial charge on any atom is -0.374 e. The molecular weight excluding hydrogens is 317 g/mol. The molecule has 1 unspecified atom stereocenters. The number of hydrazine groups is 1. The van der Waals surface area contributed by atoms with Crippen LogP contribution in [0.25, 0.3) is 0 Å². The molecule has 1 rings (SSSR count). The number of aryl methyl sites for hydroxylation is 1. The molecule has 1 aromatic rings. The maximum atomic E-state index is 13.2. The molecule has 0 spiro atoms. The summed E-state index contributed by atoms with van der Waals surface area (Å²) in [5.74, 6) is -2.42. The SMILES string of the molecule is CC(C)CC(=O)NNC(=O)CC(O)(c1nccn1C)C(F)(F)F. The number of nitrogens with one attached hydrogen (secondary N) is 2. The Balaban J connectivity index is 2.82. The summed E-state index contributed by atoms with van der Waals surface area (Å²) >= 11 is 0. The van der Waals surface area contributed by atoms with E-state index in [9.17, 15) is 27.9 Å². The van der Waals surface area contributed by atoms with Gasteiger partial charge in [0, 0.05) is 25.9 Å². The highest BCUT2D eigenvalue weighted by molar-refractivity contribution is 5.82. The van der Waals surface area contributed by atoms with Gasteiger partial charge in [-0.05, 0) is 5.92 Å². The zero-order valence-corrected chi connectivity index (χ0v) is 12.9. The Morgan fingerprint density at radius 2 is 1.87 bits per heavy atom. The van der Waals surface area contributed by atoms with Gasteiger partial charge in [0.1, 0.15) is 0 Å². The van der Waals surface area contributed by atoms with Crippen molar-refractivity contribution in [3.05, 3.63) is 18.2 Å². The molecule has 1 heterocycles. The van der Waals surface area contributed by atoms with E-state index in [-0.39, 0.29) is 12.3 Å². The van der Waals surface area contributed by atoms with Crippen molar-refractivity contribution in [1.29, 1.82) is 0 Å². The Hall–Kier alpha value is -2.10. The highest BCUT2D eigenvalue weighted by atomic mass is 19.4. The molecule has 0 bridgehead atoms. The van der Waals surface area contributed by atoms with Crippen LogP contribution in [-0.2, 0) is 22.2 Å². The largest absolute Gasteiger partial charge is 0.425 e. The van der Waals surface area contributed by atoms with Gasteiger partial charge >= 0.3 is 6.18 Å². The maximum Gasteiger partial charge on any atom is 0.425 e. The summed E-state index contributed by atoms with van der Waals surface area (Å²) in [6, 6.07) is 0. The molecule has 7 nitrogen and oxygen atoms in total. The van der Waals surface area contributed by atoms with Crippen molar-refractivity contribution in [2.75, 3.05) is 0 Å². The van der Waals surface area contributed by atoms with Crippen LogP contribution in [0.4, 0.5) is 13.2 Å². The molecule has 1 aromatic heterocycles. The highest BCUT2D eigenvalue weighted by Gasteiger charge is 2.58. The van der Waals surface area contributed by atoms with E-state index >= 15 is 0 Å². The lowest BCUT2D eigenvalue weighted by atomic mass is 9.97. The normalized spacial score (nSPS) is 14.4. The fourth-order valence-corrected chi connectivity index (χ4v) is 1.91. The highest BCUT2D eigenvalue weighted by Crippen LogP contribution is 2.40. The fraction of sp³-hybridized carbons (Fsp3) is 0.615. The van der Waals surface area contributed by atoms with Crippen LogP contribution in [0, 0.1) is 5.92 Å². The van der Waals surface area contributed by atoms with Gasteiger partial charge in [0.15, 0.2) is 5.82 Å². The lowest BCUT2D eigenvalue weighted by molar-refractivity contribution is -0.271. The van der Waals surface area contributed by atoms with Crippen molar-refractivity contribution in [3.63, 3.8) is 0 Å². The van der Waals surface area contributed by atoms with Gasteiger partial charge in [-0.2, -0.15) is 13.2 Å². The second kappa shape index (κ2) is 6.99. The van der Waals surface area contributed by atoms with Gasteiger partial charge in [0.2, 0.25) is 17.4 Å². The maximum absolute atomic E-state index is 13.2. The lowest BCUT2D eigenvalue weighted by Crippen LogP contribution is -2.50. The molecule has 0 aliphatic carbocycles. The molecular formula is C13H19F3N4O3. The molecule has 0 radical (unpaired) electrons. The number of nitrogens with zero attached hydrogens (tertiary/aromatic N) is 2. The number of hydrogen-bond acceptors (Lipinski definition) is 4. The second-order valence-corrected chi connectivity index (χ2v) is 5.59.